The fourth-order valence-corrected chi connectivity index (χ4v) is 1.63. The van der Waals surface area contributed by atoms with Gasteiger partial charge in [-0.2, -0.15) is 5.26 Å². The molecule has 0 aliphatic carbocycles. The van der Waals surface area contributed by atoms with E-state index in [4.69, 9.17) is 10.00 Å². The number of nitrogens with zero attached hydrogens (tertiary/aromatic N) is 2. The SMILES string of the molecule is COc1cc(C)nc(C)c1SC#N. The summed E-state index contributed by atoms with van der Waals surface area (Å²) in [7, 11) is 1.59. The lowest BCUT2D eigenvalue weighted by molar-refractivity contribution is 0.402. The summed E-state index contributed by atoms with van der Waals surface area (Å²) in [6.07, 6.45) is 0. The van der Waals surface area contributed by atoms with Crippen LogP contribution in [0.15, 0.2) is 11.0 Å². The number of nitriles is 1. The summed E-state index contributed by atoms with van der Waals surface area (Å²) in [5.74, 6) is 0.719. The second-order valence-corrected chi connectivity index (χ2v) is 3.37. The van der Waals surface area contributed by atoms with Gasteiger partial charge in [0.2, 0.25) is 0 Å². The van der Waals surface area contributed by atoms with E-state index in [1.54, 1.807) is 7.11 Å². The van der Waals surface area contributed by atoms with Gasteiger partial charge in [-0.25, -0.2) is 0 Å². The third-order valence-electron chi connectivity index (χ3n) is 1.60. The molecule has 0 spiro atoms. The van der Waals surface area contributed by atoms with Gasteiger partial charge in [0.25, 0.3) is 0 Å². The van der Waals surface area contributed by atoms with E-state index in [0.717, 1.165) is 33.8 Å². The Hall–Kier alpha value is -1.21. The van der Waals surface area contributed by atoms with Crippen molar-refractivity contribution >= 4 is 11.8 Å². The maximum Gasteiger partial charge on any atom is 0.138 e. The van der Waals surface area contributed by atoms with Crippen LogP contribution in [-0.2, 0) is 0 Å². The number of rotatable bonds is 2. The number of aromatic nitrogens is 1. The van der Waals surface area contributed by atoms with E-state index < -0.39 is 0 Å². The number of methoxy groups -OCH3 is 1. The van der Waals surface area contributed by atoms with Crippen LogP contribution in [0.3, 0.4) is 0 Å². The first kappa shape index (κ1) is 9.87. The largest absolute Gasteiger partial charge is 0.495 e. The molecule has 1 rings (SSSR count). The maximum absolute atomic E-state index is 8.56. The second kappa shape index (κ2) is 4.15. The third-order valence-corrected chi connectivity index (χ3v) is 2.40. The zero-order valence-electron chi connectivity index (χ0n) is 7.79. The molecule has 1 aromatic rings. The molecule has 0 aliphatic heterocycles. The van der Waals surface area contributed by atoms with Crippen molar-refractivity contribution in [2.75, 3.05) is 7.11 Å². The number of thiocyanates is 1. The molecule has 1 aromatic heterocycles. The molecular weight excluding hydrogens is 184 g/mol. The summed E-state index contributed by atoms with van der Waals surface area (Å²) in [5.41, 5.74) is 1.74. The average molecular weight is 194 g/mol. The summed E-state index contributed by atoms with van der Waals surface area (Å²) in [6, 6.07) is 1.83. The van der Waals surface area contributed by atoms with Crippen LogP contribution in [0.4, 0.5) is 0 Å². The molecule has 13 heavy (non-hydrogen) atoms. The first-order valence-electron chi connectivity index (χ1n) is 3.77. The molecule has 0 N–H and O–H groups in total. The molecule has 0 atom stereocenters. The van der Waals surface area contributed by atoms with E-state index in [1.807, 2.05) is 25.3 Å². The van der Waals surface area contributed by atoms with Crippen LogP contribution < -0.4 is 4.74 Å². The maximum atomic E-state index is 8.56. The first-order valence-corrected chi connectivity index (χ1v) is 4.59. The van der Waals surface area contributed by atoms with Crippen LogP contribution in [0, 0.1) is 24.5 Å². The average Bonchev–Trinajstić information content (AvgIpc) is 2.09. The highest BCUT2D eigenvalue weighted by Crippen LogP contribution is 2.31. The van der Waals surface area contributed by atoms with Gasteiger partial charge < -0.3 is 4.74 Å². The molecule has 0 saturated carbocycles. The fraction of sp³-hybridized carbons (Fsp3) is 0.333. The summed E-state index contributed by atoms with van der Waals surface area (Å²) < 4.78 is 5.15. The second-order valence-electron chi connectivity index (χ2n) is 2.57. The summed E-state index contributed by atoms with van der Waals surface area (Å²) in [6.45, 7) is 3.77. The van der Waals surface area contributed by atoms with Gasteiger partial charge in [0.15, 0.2) is 0 Å². The predicted molar refractivity (Wildman–Crippen MR) is 51.7 cm³/mol. The Morgan fingerprint density at radius 2 is 2.23 bits per heavy atom. The third kappa shape index (κ3) is 2.13. The quantitative estimate of drug-likeness (QED) is 0.535. The minimum absolute atomic E-state index is 0.719. The van der Waals surface area contributed by atoms with Gasteiger partial charge in [-0.15, -0.1) is 0 Å². The molecule has 0 aliphatic rings. The van der Waals surface area contributed by atoms with Crippen molar-refractivity contribution in [2.24, 2.45) is 0 Å². The Labute approximate surface area is 81.7 Å². The Morgan fingerprint density at radius 1 is 1.54 bits per heavy atom. The number of aryl methyl sites for hydroxylation is 2. The Morgan fingerprint density at radius 3 is 2.77 bits per heavy atom. The van der Waals surface area contributed by atoms with Gasteiger partial charge >= 0.3 is 0 Å². The zero-order valence-corrected chi connectivity index (χ0v) is 8.60. The molecule has 68 valence electrons. The van der Waals surface area contributed by atoms with Gasteiger partial charge in [-0.05, 0) is 25.6 Å². The summed E-state index contributed by atoms with van der Waals surface area (Å²) in [4.78, 5) is 5.05. The normalized spacial score (nSPS) is 9.38. The van der Waals surface area contributed by atoms with E-state index in [0.29, 0.717) is 0 Å². The Balaban J connectivity index is 3.23. The van der Waals surface area contributed by atoms with Crippen LogP contribution in [0.25, 0.3) is 0 Å². The number of ether oxygens (including phenoxy) is 1. The van der Waals surface area contributed by atoms with Crippen LogP contribution >= 0.6 is 11.8 Å². The highest BCUT2D eigenvalue weighted by atomic mass is 32.2. The molecule has 4 heteroatoms. The van der Waals surface area contributed by atoms with Gasteiger partial charge in [-0.1, -0.05) is 0 Å². The van der Waals surface area contributed by atoms with Crippen molar-refractivity contribution in [1.29, 1.82) is 5.26 Å². The van der Waals surface area contributed by atoms with Gasteiger partial charge in [0.1, 0.15) is 11.2 Å². The number of hydrogen-bond acceptors (Lipinski definition) is 4. The smallest absolute Gasteiger partial charge is 0.138 e. The Kier molecular flexibility index (Phi) is 3.15. The topological polar surface area (TPSA) is 45.9 Å². The van der Waals surface area contributed by atoms with Crippen molar-refractivity contribution in [3.05, 3.63) is 17.5 Å². The van der Waals surface area contributed by atoms with Crippen LogP contribution in [0.1, 0.15) is 11.4 Å². The highest BCUT2D eigenvalue weighted by molar-refractivity contribution is 8.03. The van der Waals surface area contributed by atoms with E-state index in [9.17, 15) is 0 Å². The molecule has 0 fully saturated rings. The lowest BCUT2D eigenvalue weighted by Gasteiger charge is -2.07. The lowest BCUT2D eigenvalue weighted by atomic mass is 10.3. The molecule has 0 saturated heterocycles. The molecule has 0 bridgehead atoms. The monoisotopic (exact) mass is 194 g/mol. The predicted octanol–water partition coefficient (Wildman–Crippen LogP) is 2.28. The van der Waals surface area contributed by atoms with Gasteiger partial charge in [0.05, 0.1) is 17.7 Å². The van der Waals surface area contributed by atoms with Crippen molar-refractivity contribution in [3.8, 4) is 11.2 Å². The van der Waals surface area contributed by atoms with Crippen molar-refractivity contribution in [3.63, 3.8) is 0 Å². The van der Waals surface area contributed by atoms with Crippen LogP contribution in [0.2, 0.25) is 0 Å². The van der Waals surface area contributed by atoms with E-state index >= 15 is 0 Å². The number of pyridine rings is 1. The molecule has 3 nitrogen and oxygen atoms in total. The zero-order chi connectivity index (χ0) is 9.84. The van der Waals surface area contributed by atoms with E-state index in [2.05, 4.69) is 4.98 Å². The minimum atomic E-state index is 0.719. The molecule has 0 radical (unpaired) electrons. The standard InChI is InChI=1S/C9H10N2OS/c1-6-4-8(12-3)9(13-5-10)7(2)11-6/h4H,1-3H3. The minimum Gasteiger partial charge on any atom is -0.495 e. The van der Waals surface area contributed by atoms with Crippen LogP contribution in [-0.4, -0.2) is 12.1 Å². The highest BCUT2D eigenvalue weighted by Gasteiger charge is 2.08. The molecule has 0 aromatic carbocycles. The van der Waals surface area contributed by atoms with Crippen LogP contribution in [0.5, 0.6) is 5.75 Å². The molecule has 0 unspecified atom stereocenters. The molecular formula is C9H10N2OS. The number of thioether (sulfide) groups is 1. The van der Waals surface area contributed by atoms with Crippen molar-refractivity contribution in [1.82, 2.24) is 4.98 Å². The summed E-state index contributed by atoms with van der Waals surface area (Å²) in [5, 5.41) is 10.6. The molecule has 1 heterocycles. The van der Waals surface area contributed by atoms with Gasteiger partial charge in [0, 0.05) is 11.8 Å². The Bertz CT molecular complexity index is 357. The van der Waals surface area contributed by atoms with Crippen molar-refractivity contribution < 1.29 is 4.74 Å². The lowest BCUT2D eigenvalue weighted by Crippen LogP contribution is -1.94. The first-order chi connectivity index (χ1) is 6.19. The van der Waals surface area contributed by atoms with E-state index in [-0.39, 0.29) is 0 Å². The number of hydrogen-bond donors (Lipinski definition) is 0. The fourth-order valence-electron chi connectivity index (χ4n) is 1.10. The summed E-state index contributed by atoms with van der Waals surface area (Å²) >= 11 is 1.08. The van der Waals surface area contributed by atoms with E-state index in [1.165, 1.54) is 0 Å². The van der Waals surface area contributed by atoms with Gasteiger partial charge in [-0.3, -0.25) is 4.98 Å². The van der Waals surface area contributed by atoms with Crippen molar-refractivity contribution in [2.45, 2.75) is 18.7 Å². The molecule has 0 amide bonds.